The average Bonchev–Trinajstić information content (AvgIpc) is 2.21. The molecule has 1 aromatic rings. The van der Waals surface area contributed by atoms with E-state index >= 15 is 0 Å². The van der Waals surface area contributed by atoms with Gasteiger partial charge in [-0.2, -0.15) is 0 Å². The normalized spacial score (nSPS) is 11.9. The number of aliphatic carboxylic acids is 1. The summed E-state index contributed by atoms with van der Waals surface area (Å²) in [5.74, 6) is -1.46. The van der Waals surface area contributed by atoms with Crippen molar-refractivity contribution in [3.05, 3.63) is 33.8 Å². The lowest BCUT2D eigenvalue weighted by Gasteiger charge is -2.10. The van der Waals surface area contributed by atoms with Gasteiger partial charge in [-0.1, -0.05) is 11.6 Å². The summed E-state index contributed by atoms with van der Waals surface area (Å²) in [6.45, 7) is 3.29. The van der Waals surface area contributed by atoms with E-state index in [1.807, 2.05) is 13.0 Å². The maximum atomic E-state index is 11.7. The SMILES string of the molecule is Cc1ccc(Br)c(C(=O)N[C@@H](C)C(=O)O)c1. The molecular formula is C11H12BrNO3. The van der Waals surface area contributed by atoms with Crippen LogP contribution in [-0.2, 0) is 4.79 Å². The van der Waals surface area contributed by atoms with Crippen molar-refractivity contribution in [2.24, 2.45) is 0 Å². The third kappa shape index (κ3) is 3.06. The van der Waals surface area contributed by atoms with Crippen LogP contribution in [0.3, 0.4) is 0 Å². The molecule has 5 heteroatoms. The second-order valence-corrected chi connectivity index (χ2v) is 4.37. The van der Waals surface area contributed by atoms with E-state index in [4.69, 9.17) is 5.11 Å². The minimum Gasteiger partial charge on any atom is -0.480 e. The van der Waals surface area contributed by atoms with Gasteiger partial charge in [0.25, 0.3) is 5.91 Å². The molecule has 16 heavy (non-hydrogen) atoms. The number of carboxylic acids is 1. The van der Waals surface area contributed by atoms with Gasteiger partial charge in [0.05, 0.1) is 5.56 Å². The van der Waals surface area contributed by atoms with Gasteiger partial charge in [0.15, 0.2) is 0 Å². The van der Waals surface area contributed by atoms with Gasteiger partial charge < -0.3 is 10.4 Å². The van der Waals surface area contributed by atoms with Gasteiger partial charge in [0.2, 0.25) is 0 Å². The Morgan fingerprint density at radius 1 is 1.44 bits per heavy atom. The fourth-order valence-corrected chi connectivity index (χ4v) is 1.58. The molecule has 0 saturated heterocycles. The van der Waals surface area contributed by atoms with Crippen molar-refractivity contribution in [2.75, 3.05) is 0 Å². The van der Waals surface area contributed by atoms with Crippen molar-refractivity contribution in [2.45, 2.75) is 19.9 Å². The zero-order chi connectivity index (χ0) is 12.3. The Labute approximate surface area is 102 Å². The van der Waals surface area contributed by atoms with Gasteiger partial charge in [-0.3, -0.25) is 9.59 Å². The highest BCUT2D eigenvalue weighted by Crippen LogP contribution is 2.18. The van der Waals surface area contributed by atoms with Crippen LogP contribution in [-0.4, -0.2) is 23.0 Å². The van der Waals surface area contributed by atoms with Crippen LogP contribution in [0.2, 0.25) is 0 Å². The van der Waals surface area contributed by atoms with E-state index in [0.717, 1.165) is 5.56 Å². The number of carbonyl (C=O) groups is 2. The van der Waals surface area contributed by atoms with E-state index in [1.165, 1.54) is 6.92 Å². The van der Waals surface area contributed by atoms with Gasteiger partial charge in [0, 0.05) is 4.47 Å². The molecule has 0 aromatic heterocycles. The largest absolute Gasteiger partial charge is 0.480 e. The first-order valence-corrected chi connectivity index (χ1v) is 5.51. The summed E-state index contributed by atoms with van der Waals surface area (Å²) in [5.41, 5.74) is 1.38. The summed E-state index contributed by atoms with van der Waals surface area (Å²) in [4.78, 5) is 22.3. The summed E-state index contributed by atoms with van der Waals surface area (Å²) < 4.78 is 0.646. The number of aryl methyl sites for hydroxylation is 1. The molecule has 0 saturated carbocycles. The minimum atomic E-state index is -1.06. The van der Waals surface area contributed by atoms with Crippen LogP contribution in [0, 0.1) is 6.92 Å². The highest BCUT2D eigenvalue weighted by Gasteiger charge is 2.16. The van der Waals surface area contributed by atoms with Gasteiger partial charge in [-0.15, -0.1) is 0 Å². The molecule has 0 unspecified atom stereocenters. The number of hydrogen-bond acceptors (Lipinski definition) is 2. The molecule has 1 amide bonds. The van der Waals surface area contributed by atoms with Crippen LogP contribution in [0.4, 0.5) is 0 Å². The maximum Gasteiger partial charge on any atom is 0.325 e. The van der Waals surface area contributed by atoms with E-state index in [-0.39, 0.29) is 0 Å². The Morgan fingerprint density at radius 3 is 2.62 bits per heavy atom. The van der Waals surface area contributed by atoms with Crippen LogP contribution in [0.15, 0.2) is 22.7 Å². The molecule has 0 heterocycles. The monoisotopic (exact) mass is 285 g/mol. The number of halogens is 1. The summed E-state index contributed by atoms with van der Waals surface area (Å²) in [6.07, 6.45) is 0. The highest BCUT2D eigenvalue weighted by molar-refractivity contribution is 9.10. The van der Waals surface area contributed by atoms with Crippen molar-refractivity contribution in [1.82, 2.24) is 5.32 Å². The van der Waals surface area contributed by atoms with Crippen LogP contribution in [0.1, 0.15) is 22.8 Å². The van der Waals surface area contributed by atoms with Crippen LogP contribution in [0.25, 0.3) is 0 Å². The second kappa shape index (κ2) is 5.12. The van der Waals surface area contributed by atoms with Crippen molar-refractivity contribution in [3.8, 4) is 0 Å². The lowest BCUT2D eigenvalue weighted by Crippen LogP contribution is -2.38. The number of amides is 1. The first-order valence-electron chi connectivity index (χ1n) is 4.71. The molecule has 2 N–H and O–H groups in total. The molecule has 0 aliphatic carbocycles. The number of carboxylic acid groups (broad SMARTS) is 1. The summed E-state index contributed by atoms with van der Waals surface area (Å²) >= 11 is 3.25. The average molecular weight is 286 g/mol. The molecule has 4 nitrogen and oxygen atoms in total. The number of nitrogens with one attached hydrogen (secondary N) is 1. The fraction of sp³-hybridized carbons (Fsp3) is 0.273. The van der Waals surface area contributed by atoms with Crippen LogP contribution >= 0.6 is 15.9 Å². The molecule has 0 fully saturated rings. The molecule has 0 aliphatic rings. The number of benzene rings is 1. The maximum absolute atomic E-state index is 11.7. The van der Waals surface area contributed by atoms with E-state index in [9.17, 15) is 9.59 Å². The van der Waals surface area contributed by atoms with E-state index < -0.39 is 17.9 Å². The smallest absolute Gasteiger partial charge is 0.325 e. The number of rotatable bonds is 3. The Balaban J connectivity index is 2.88. The van der Waals surface area contributed by atoms with Crippen molar-refractivity contribution in [1.29, 1.82) is 0 Å². The molecular weight excluding hydrogens is 274 g/mol. The minimum absolute atomic E-state index is 0.398. The second-order valence-electron chi connectivity index (χ2n) is 3.52. The van der Waals surface area contributed by atoms with Crippen molar-refractivity contribution < 1.29 is 14.7 Å². The van der Waals surface area contributed by atoms with E-state index in [0.29, 0.717) is 10.0 Å². The van der Waals surface area contributed by atoms with E-state index in [2.05, 4.69) is 21.2 Å². The Kier molecular flexibility index (Phi) is 4.06. The molecule has 0 bridgehead atoms. The Hall–Kier alpha value is -1.36. The summed E-state index contributed by atoms with van der Waals surface area (Å²) in [5, 5.41) is 11.1. The fourth-order valence-electron chi connectivity index (χ4n) is 1.15. The predicted octanol–water partition coefficient (Wildman–Crippen LogP) is 1.96. The molecule has 1 rings (SSSR count). The summed E-state index contributed by atoms with van der Waals surface area (Å²) in [7, 11) is 0. The molecule has 0 radical (unpaired) electrons. The number of hydrogen-bond donors (Lipinski definition) is 2. The lowest BCUT2D eigenvalue weighted by atomic mass is 10.1. The molecule has 1 atom stereocenters. The first kappa shape index (κ1) is 12.7. The standard InChI is InChI=1S/C11H12BrNO3/c1-6-3-4-9(12)8(5-6)10(14)13-7(2)11(15)16/h3-5,7H,1-2H3,(H,13,14)(H,15,16)/t7-/m0/s1. The first-order chi connectivity index (χ1) is 7.41. The third-order valence-corrected chi connectivity index (χ3v) is 2.78. The lowest BCUT2D eigenvalue weighted by molar-refractivity contribution is -0.138. The van der Waals surface area contributed by atoms with Crippen LogP contribution < -0.4 is 5.32 Å². The molecule has 86 valence electrons. The quantitative estimate of drug-likeness (QED) is 0.892. The predicted molar refractivity (Wildman–Crippen MR) is 63.4 cm³/mol. The van der Waals surface area contributed by atoms with Gasteiger partial charge in [-0.25, -0.2) is 0 Å². The van der Waals surface area contributed by atoms with Gasteiger partial charge in [-0.05, 0) is 41.9 Å². The highest BCUT2D eigenvalue weighted by atomic mass is 79.9. The van der Waals surface area contributed by atoms with Crippen molar-refractivity contribution in [3.63, 3.8) is 0 Å². The topological polar surface area (TPSA) is 66.4 Å². The van der Waals surface area contributed by atoms with Crippen LogP contribution in [0.5, 0.6) is 0 Å². The summed E-state index contributed by atoms with van der Waals surface area (Å²) in [6, 6.07) is 4.42. The zero-order valence-corrected chi connectivity index (χ0v) is 10.5. The van der Waals surface area contributed by atoms with Gasteiger partial charge in [0.1, 0.15) is 6.04 Å². The number of carbonyl (C=O) groups excluding carboxylic acids is 1. The molecule has 0 aliphatic heterocycles. The van der Waals surface area contributed by atoms with Gasteiger partial charge >= 0.3 is 5.97 Å². The zero-order valence-electron chi connectivity index (χ0n) is 8.95. The van der Waals surface area contributed by atoms with E-state index in [1.54, 1.807) is 12.1 Å². The molecule has 0 spiro atoms. The van der Waals surface area contributed by atoms with Crippen molar-refractivity contribution >= 4 is 27.8 Å². The Bertz CT molecular complexity index is 431. The molecule has 1 aromatic carbocycles. The Morgan fingerprint density at radius 2 is 2.06 bits per heavy atom. The third-order valence-electron chi connectivity index (χ3n) is 2.08.